The van der Waals surface area contributed by atoms with Crippen LogP contribution in [0.5, 0.6) is 0 Å². The van der Waals surface area contributed by atoms with Crippen molar-refractivity contribution in [3.05, 3.63) is 53.3 Å². The lowest BCUT2D eigenvalue weighted by molar-refractivity contribution is 0.134. The molecule has 2 aliphatic heterocycles. The zero-order valence-corrected chi connectivity index (χ0v) is 16.9. The fourth-order valence-electron chi connectivity index (χ4n) is 3.19. The molecule has 0 unspecified atom stereocenters. The standard InChI is InChI=1S/C18H22N6O.HI/c19-17(22-11-14-2-3-15-12-25-13-16(15)10-14)23-6-8-24(9-7-23)18-20-4-1-5-21-18;/h1-5,10H,6-9,11-13H2,(H2,19,22);1H. The van der Waals surface area contributed by atoms with Crippen molar-refractivity contribution in [2.45, 2.75) is 19.8 Å². The molecule has 0 saturated carbocycles. The molecule has 138 valence electrons. The van der Waals surface area contributed by atoms with E-state index in [1.165, 1.54) is 16.7 Å². The van der Waals surface area contributed by atoms with Crippen molar-refractivity contribution in [3.8, 4) is 0 Å². The number of nitrogens with two attached hydrogens (primary N) is 1. The van der Waals surface area contributed by atoms with Crippen molar-refractivity contribution in [1.29, 1.82) is 0 Å². The third-order valence-electron chi connectivity index (χ3n) is 4.65. The summed E-state index contributed by atoms with van der Waals surface area (Å²) in [6.07, 6.45) is 3.54. The Balaban J connectivity index is 0.00000196. The highest BCUT2D eigenvalue weighted by atomic mass is 127. The van der Waals surface area contributed by atoms with Crippen molar-refractivity contribution in [2.24, 2.45) is 10.7 Å². The van der Waals surface area contributed by atoms with Crippen LogP contribution in [0.2, 0.25) is 0 Å². The van der Waals surface area contributed by atoms with E-state index in [4.69, 9.17) is 10.5 Å². The van der Waals surface area contributed by atoms with Crippen LogP contribution in [-0.4, -0.2) is 47.0 Å². The van der Waals surface area contributed by atoms with Crippen LogP contribution in [0.3, 0.4) is 0 Å². The maximum absolute atomic E-state index is 6.19. The molecule has 0 aliphatic carbocycles. The molecule has 26 heavy (non-hydrogen) atoms. The van der Waals surface area contributed by atoms with Gasteiger partial charge >= 0.3 is 0 Å². The zero-order valence-electron chi connectivity index (χ0n) is 14.5. The van der Waals surface area contributed by atoms with Crippen LogP contribution >= 0.6 is 24.0 Å². The summed E-state index contributed by atoms with van der Waals surface area (Å²) in [6.45, 7) is 5.35. The van der Waals surface area contributed by atoms with Crippen LogP contribution in [0, 0.1) is 0 Å². The molecule has 0 radical (unpaired) electrons. The highest BCUT2D eigenvalue weighted by Crippen LogP contribution is 2.21. The van der Waals surface area contributed by atoms with Gasteiger partial charge < -0.3 is 20.3 Å². The monoisotopic (exact) mass is 466 g/mol. The number of guanidine groups is 1. The Hall–Kier alpha value is -1.94. The summed E-state index contributed by atoms with van der Waals surface area (Å²) in [5, 5.41) is 0. The van der Waals surface area contributed by atoms with Crippen LogP contribution in [-0.2, 0) is 24.5 Å². The van der Waals surface area contributed by atoms with Gasteiger partial charge in [0.05, 0.1) is 19.8 Å². The molecule has 1 saturated heterocycles. The summed E-state index contributed by atoms with van der Waals surface area (Å²) in [4.78, 5) is 17.5. The summed E-state index contributed by atoms with van der Waals surface area (Å²) in [5.74, 6) is 1.38. The van der Waals surface area contributed by atoms with Gasteiger partial charge in [-0.3, -0.25) is 0 Å². The van der Waals surface area contributed by atoms with Gasteiger partial charge in [-0.05, 0) is 22.8 Å². The second-order valence-corrected chi connectivity index (χ2v) is 6.29. The van der Waals surface area contributed by atoms with Gasteiger partial charge in [0.2, 0.25) is 5.95 Å². The van der Waals surface area contributed by atoms with E-state index in [0.717, 1.165) is 38.7 Å². The highest BCUT2D eigenvalue weighted by molar-refractivity contribution is 14.0. The lowest BCUT2D eigenvalue weighted by Gasteiger charge is -2.35. The summed E-state index contributed by atoms with van der Waals surface area (Å²) in [6, 6.07) is 8.23. The van der Waals surface area contributed by atoms with E-state index < -0.39 is 0 Å². The molecule has 2 aliphatic rings. The predicted molar refractivity (Wildman–Crippen MR) is 111 cm³/mol. The lowest BCUT2D eigenvalue weighted by Crippen LogP contribution is -2.51. The number of fused-ring (bicyclic) bond motifs is 1. The van der Waals surface area contributed by atoms with Gasteiger partial charge in [-0.1, -0.05) is 18.2 Å². The van der Waals surface area contributed by atoms with Crippen molar-refractivity contribution < 1.29 is 4.74 Å². The molecule has 2 aromatic rings. The third kappa shape index (κ3) is 4.24. The largest absolute Gasteiger partial charge is 0.372 e. The quantitative estimate of drug-likeness (QED) is 0.422. The molecule has 0 bridgehead atoms. The fraction of sp³-hybridized carbons (Fsp3) is 0.389. The Morgan fingerprint density at radius 3 is 2.58 bits per heavy atom. The Morgan fingerprint density at radius 1 is 1.08 bits per heavy atom. The Labute approximate surface area is 170 Å². The molecular weight excluding hydrogens is 443 g/mol. The lowest BCUT2D eigenvalue weighted by atomic mass is 10.1. The van der Waals surface area contributed by atoms with E-state index >= 15 is 0 Å². The zero-order chi connectivity index (χ0) is 17.1. The number of benzene rings is 1. The first-order chi connectivity index (χ1) is 12.3. The molecule has 4 rings (SSSR count). The maximum atomic E-state index is 6.19. The van der Waals surface area contributed by atoms with Crippen LogP contribution in [0.15, 0.2) is 41.7 Å². The smallest absolute Gasteiger partial charge is 0.225 e. The Bertz CT molecular complexity index is 762. The molecule has 2 N–H and O–H groups in total. The topological polar surface area (TPSA) is 79.9 Å². The highest BCUT2D eigenvalue weighted by Gasteiger charge is 2.20. The van der Waals surface area contributed by atoms with Gasteiger partial charge in [0.1, 0.15) is 0 Å². The molecule has 1 aromatic carbocycles. The van der Waals surface area contributed by atoms with Gasteiger partial charge in [0, 0.05) is 38.6 Å². The second-order valence-electron chi connectivity index (χ2n) is 6.29. The van der Waals surface area contributed by atoms with E-state index in [9.17, 15) is 0 Å². The van der Waals surface area contributed by atoms with Crippen molar-refractivity contribution in [1.82, 2.24) is 14.9 Å². The third-order valence-corrected chi connectivity index (χ3v) is 4.65. The summed E-state index contributed by atoms with van der Waals surface area (Å²) < 4.78 is 5.45. The number of hydrogen-bond acceptors (Lipinski definition) is 5. The van der Waals surface area contributed by atoms with Crippen molar-refractivity contribution in [3.63, 3.8) is 0 Å². The minimum absolute atomic E-state index is 0. The maximum Gasteiger partial charge on any atom is 0.225 e. The number of ether oxygens (including phenoxy) is 1. The average molecular weight is 466 g/mol. The summed E-state index contributed by atoms with van der Waals surface area (Å²) >= 11 is 0. The van der Waals surface area contributed by atoms with Gasteiger partial charge in [0.15, 0.2) is 5.96 Å². The van der Waals surface area contributed by atoms with Crippen molar-refractivity contribution in [2.75, 3.05) is 31.1 Å². The predicted octanol–water partition coefficient (Wildman–Crippen LogP) is 1.76. The van der Waals surface area contributed by atoms with Crippen LogP contribution < -0.4 is 10.6 Å². The number of aliphatic imine (C=N–C) groups is 1. The molecule has 0 atom stereocenters. The molecule has 7 nitrogen and oxygen atoms in total. The van der Waals surface area contributed by atoms with Crippen LogP contribution in [0.4, 0.5) is 5.95 Å². The Kier molecular flexibility index (Phi) is 6.25. The minimum Gasteiger partial charge on any atom is -0.372 e. The Morgan fingerprint density at radius 2 is 1.81 bits per heavy atom. The van der Waals surface area contributed by atoms with E-state index in [-0.39, 0.29) is 24.0 Å². The minimum atomic E-state index is 0. The number of hydrogen-bond donors (Lipinski definition) is 1. The van der Waals surface area contributed by atoms with Crippen molar-refractivity contribution >= 4 is 35.9 Å². The summed E-state index contributed by atoms with van der Waals surface area (Å²) in [5.41, 5.74) is 9.91. The molecule has 1 fully saturated rings. The number of aromatic nitrogens is 2. The molecule has 8 heteroatoms. The van der Waals surface area contributed by atoms with Gasteiger partial charge in [-0.15, -0.1) is 24.0 Å². The molecule has 0 spiro atoms. The van der Waals surface area contributed by atoms with E-state index in [0.29, 0.717) is 19.1 Å². The summed E-state index contributed by atoms with van der Waals surface area (Å²) in [7, 11) is 0. The van der Waals surface area contributed by atoms with Gasteiger partial charge in [0.25, 0.3) is 0 Å². The van der Waals surface area contributed by atoms with Crippen LogP contribution in [0.1, 0.15) is 16.7 Å². The fourth-order valence-corrected chi connectivity index (χ4v) is 3.19. The SMILES string of the molecule is I.NC(=NCc1ccc2c(c1)COC2)N1CCN(c2ncccn2)CC1. The first kappa shape index (κ1) is 18.8. The van der Waals surface area contributed by atoms with Gasteiger partial charge in [-0.25, -0.2) is 15.0 Å². The molecular formula is C18H23IN6O. The van der Waals surface area contributed by atoms with E-state index in [1.54, 1.807) is 12.4 Å². The van der Waals surface area contributed by atoms with E-state index in [2.05, 4.69) is 43.0 Å². The number of halogens is 1. The normalized spacial score (nSPS) is 17.0. The molecule has 1 aromatic heterocycles. The second kappa shape index (κ2) is 8.63. The number of rotatable bonds is 3. The van der Waals surface area contributed by atoms with E-state index in [1.807, 2.05) is 6.07 Å². The average Bonchev–Trinajstić information content (AvgIpc) is 3.15. The number of nitrogens with zero attached hydrogens (tertiary/aromatic N) is 5. The van der Waals surface area contributed by atoms with Gasteiger partial charge in [-0.2, -0.15) is 0 Å². The number of piperazine rings is 1. The van der Waals surface area contributed by atoms with Crippen LogP contribution in [0.25, 0.3) is 0 Å². The molecule has 0 amide bonds. The number of anilines is 1. The first-order valence-electron chi connectivity index (χ1n) is 8.55. The molecule has 3 heterocycles. The first-order valence-corrected chi connectivity index (χ1v) is 8.55.